The van der Waals surface area contributed by atoms with E-state index in [-0.39, 0.29) is 5.97 Å². The molecule has 0 aliphatic rings. The highest BCUT2D eigenvalue weighted by Crippen LogP contribution is 2.19. The normalized spacial score (nSPS) is 12.6. The monoisotopic (exact) mass is 233 g/mol. The summed E-state index contributed by atoms with van der Waals surface area (Å²) in [6, 6.07) is 7.22. The van der Waals surface area contributed by atoms with E-state index in [0.29, 0.717) is 17.2 Å². The van der Waals surface area contributed by atoms with Gasteiger partial charge >= 0.3 is 5.97 Å². The number of carbonyl (C=O) groups excluding carboxylic acids is 1. The molecule has 0 radical (unpaired) electrons. The Balaban J connectivity index is 2.87. The van der Waals surface area contributed by atoms with E-state index in [4.69, 9.17) is 4.74 Å². The maximum atomic E-state index is 11.5. The molecule has 1 aromatic carbocycles. The minimum Gasteiger partial charge on any atom is -0.465 e. The molecule has 0 aliphatic carbocycles. The van der Waals surface area contributed by atoms with Gasteiger partial charge in [0.05, 0.1) is 18.4 Å². The van der Waals surface area contributed by atoms with Crippen molar-refractivity contribution in [2.45, 2.75) is 26.7 Å². The standard InChI is InChI=1S/C14H19NO2/c1-4-7-11(2)10-15-13-9-6-5-8-12(13)14(16)17-3/h5-6,8-11H,4,7H2,1-3H3/b15-10+. The van der Waals surface area contributed by atoms with Gasteiger partial charge in [0.2, 0.25) is 0 Å². The number of esters is 1. The lowest BCUT2D eigenvalue weighted by molar-refractivity contribution is 0.0601. The first-order valence-corrected chi connectivity index (χ1v) is 5.90. The average molecular weight is 233 g/mol. The number of nitrogens with zero attached hydrogens (tertiary/aromatic N) is 1. The molecule has 0 heterocycles. The van der Waals surface area contributed by atoms with Gasteiger partial charge in [-0.25, -0.2) is 4.79 Å². The van der Waals surface area contributed by atoms with E-state index in [0.717, 1.165) is 12.8 Å². The van der Waals surface area contributed by atoms with Gasteiger partial charge in [0.1, 0.15) is 0 Å². The smallest absolute Gasteiger partial charge is 0.340 e. The highest BCUT2D eigenvalue weighted by atomic mass is 16.5. The molecule has 3 nitrogen and oxygen atoms in total. The van der Waals surface area contributed by atoms with Crippen molar-refractivity contribution in [2.75, 3.05) is 7.11 Å². The summed E-state index contributed by atoms with van der Waals surface area (Å²) in [7, 11) is 1.38. The molecule has 0 spiro atoms. The van der Waals surface area contributed by atoms with Crippen LogP contribution in [0.1, 0.15) is 37.0 Å². The summed E-state index contributed by atoms with van der Waals surface area (Å²) in [5.74, 6) is 0.0756. The Morgan fingerprint density at radius 1 is 1.47 bits per heavy atom. The summed E-state index contributed by atoms with van der Waals surface area (Å²) in [6.45, 7) is 4.26. The summed E-state index contributed by atoms with van der Waals surface area (Å²) >= 11 is 0. The van der Waals surface area contributed by atoms with Crippen LogP contribution in [0.15, 0.2) is 29.3 Å². The van der Waals surface area contributed by atoms with Crippen molar-refractivity contribution in [3.63, 3.8) is 0 Å². The minimum atomic E-state index is -0.346. The van der Waals surface area contributed by atoms with E-state index < -0.39 is 0 Å². The number of ether oxygens (including phenoxy) is 1. The molecule has 1 atom stereocenters. The third-order valence-corrected chi connectivity index (χ3v) is 2.52. The minimum absolute atomic E-state index is 0.346. The molecule has 1 unspecified atom stereocenters. The molecule has 92 valence electrons. The molecular weight excluding hydrogens is 214 g/mol. The van der Waals surface area contributed by atoms with Gasteiger partial charge in [-0.1, -0.05) is 32.4 Å². The van der Waals surface area contributed by atoms with Gasteiger partial charge in [0.25, 0.3) is 0 Å². The van der Waals surface area contributed by atoms with Crippen molar-refractivity contribution in [3.05, 3.63) is 29.8 Å². The number of benzene rings is 1. The van der Waals surface area contributed by atoms with Crippen LogP contribution in [-0.4, -0.2) is 19.3 Å². The van der Waals surface area contributed by atoms with Crippen LogP contribution in [0.4, 0.5) is 5.69 Å². The van der Waals surface area contributed by atoms with Gasteiger partial charge in [0, 0.05) is 6.21 Å². The lowest BCUT2D eigenvalue weighted by Gasteiger charge is -2.05. The number of hydrogen-bond donors (Lipinski definition) is 0. The largest absolute Gasteiger partial charge is 0.465 e. The predicted octanol–water partition coefficient (Wildman–Crippen LogP) is 3.61. The van der Waals surface area contributed by atoms with E-state index in [1.54, 1.807) is 12.1 Å². The van der Waals surface area contributed by atoms with E-state index in [9.17, 15) is 4.79 Å². The topological polar surface area (TPSA) is 38.7 Å². The first-order valence-electron chi connectivity index (χ1n) is 5.90. The Bertz CT molecular complexity index is 399. The molecule has 0 saturated carbocycles. The Morgan fingerprint density at radius 2 is 2.18 bits per heavy atom. The van der Waals surface area contributed by atoms with Crippen LogP contribution >= 0.6 is 0 Å². The number of hydrogen-bond acceptors (Lipinski definition) is 3. The SMILES string of the molecule is CCCC(C)/C=N/c1ccccc1C(=O)OC. The molecule has 1 aromatic rings. The van der Waals surface area contributed by atoms with E-state index in [1.165, 1.54) is 7.11 Å². The maximum Gasteiger partial charge on any atom is 0.340 e. The molecule has 0 fully saturated rings. The Hall–Kier alpha value is -1.64. The fourth-order valence-corrected chi connectivity index (χ4v) is 1.61. The van der Waals surface area contributed by atoms with Gasteiger partial charge in [-0.05, 0) is 24.5 Å². The number of methoxy groups -OCH3 is 1. The number of aliphatic imine (C=N–C) groups is 1. The molecule has 1 rings (SSSR count). The predicted molar refractivity (Wildman–Crippen MR) is 70.0 cm³/mol. The second-order valence-corrected chi connectivity index (χ2v) is 4.05. The number of para-hydroxylation sites is 1. The molecule has 0 saturated heterocycles. The van der Waals surface area contributed by atoms with E-state index >= 15 is 0 Å². The van der Waals surface area contributed by atoms with Gasteiger partial charge in [-0.3, -0.25) is 4.99 Å². The molecule has 0 amide bonds. The fraction of sp³-hybridized carbons (Fsp3) is 0.429. The van der Waals surface area contributed by atoms with Crippen molar-refractivity contribution in [1.29, 1.82) is 0 Å². The Morgan fingerprint density at radius 3 is 2.82 bits per heavy atom. The average Bonchev–Trinajstić information content (AvgIpc) is 2.36. The Kier molecular flexibility index (Phi) is 5.40. The van der Waals surface area contributed by atoms with Crippen LogP contribution in [0.5, 0.6) is 0 Å². The van der Waals surface area contributed by atoms with Crippen molar-refractivity contribution in [1.82, 2.24) is 0 Å². The Labute approximate surface area is 103 Å². The zero-order chi connectivity index (χ0) is 12.7. The molecule has 3 heteroatoms. The highest BCUT2D eigenvalue weighted by molar-refractivity contribution is 5.95. The van der Waals surface area contributed by atoms with E-state index in [1.807, 2.05) is 18.3 Å². The second-order valence-electron chi connectivity index (χ2n) is 4.05. The molecular formula is C14H19NO2. The van der Waals surface area contributed by atoms with E-state index in [2.05, 4.69) is 18.8 Å². The van der Waals surface area contributed by atoms with Crippen LogP contribution in [0.25, 0.3) is 0 Å². The van der Waals surface area contributed by atoms with Gasteiger partial charge < -0.3 is 4.74 Å². The van der Waals surface area contributed by atoms with Crippen molar-refractivity contribution >= 4 is 17.9 Å². The van der Waals surface area contributed by atoms with Gasteiger partial charge in [-0.15, -0.1) is 0 Å². The quantitative estimate of drug-likeness (QED) is 0.575. The van der Waals surface area contributed by atoms with Crippen LogP contribution in [0.2, 0.25) is 0 Å². The zero-order valence-electron chi connectivity index (χ0n) is 10.6. The van der Waals surface area contributed by atoms with Crippen LogP contribution < -0.4 is 0 Å². The maximum absolute atomic E-state index is 11.5. The number of rotatable bonds is 5. The molecule has 0 bridgehead atoms. The summed E-state index contributed by atoms with van der Waals surface area (Å²) in [4.78, 5) is 15.9. The summed E-state index contributed by atoms with van der Waals surface area (Å²) in [5.41, 5.74) is 1.18. The molecule has 0 N–H and O–H groups in total. The third-order valence-electron chi connectivity index (χ3n) is 2.52. The lowest BCUT2D eigenvalue weighted by Crippen LogP contribution is -2.01. The molecule has 0 aromatic heterocycles. The zero-order valence-corrected chi connectivity index (χ0v) is 10.6. The summed E-state index contributed by atoms with van der Waals surface area (Å²) in [5, 5.41) is 0. The molecule has 17 heavy (non-hydrogen) atoms. The second kappa shape index (κ2) is 6.84. The third kappa shape index (κ3) is 4.02. The first kappa shape index (κ1) is 13.4. The highest BCUT2D eigenvalue weighted by Gasteiger charge is 2.09. The van der Waals surface area contributed by atoms with Crippen molar-refractivity contribution in [3.8, 4) is 0 Å². The van der Waals surface area contributed by atoms with Crippen LogP contribution in [0, 0.1) is 5.92 Å². The van der Waals surface area contributed by atoms with Crippen molar-refractivity contribution in [2.24, 2.45) is 10.9 Å². The van der Waals surface area contributed by atoms with Crippen LogP contribution in [0.3, 0.4) is 0 Å². The number of carbonyl (C=O) groups is 1. The first-order chi connectivity index (χ1) is 8.19. The summed E-state index contributed by atoms with van der Waals surface area (Å²) in [6.07, 6.45) is 4.13. The fourth-order valence-electron chi connectivity index (χ4n) is 1.61. The summed E-state index contributed by atoms with van der Waals surface area (Å²) < 4.78 is 4.72. The van der Waals surface area contributed by atoms with Gasteiger partial charge in [0.15, 0.2) is 0 Å². The molecule has 0 aliphatic heterocycles. The van der Waals surface area contributed by atoms with Crippen LogP contribution in [-0.2, 0) is 4.74 Å². The lowest BCUT2D eigenvalue weighted by atomic mass is 10.1. The van der Waals surface area contributed by atoms with Gasteiger partial charge in [-0.2, -0.15) is 0 Å². The van der Waals surface area contributed by atoms with Crippen molar-refractivity contribution < 1.29 is 9.53 Å².